The number of nitrogens with zero attached hydrogens (tertiary/aromatic N) is 1. The molecule has 1 fully saturated rings. The molecule has 1 amide bonds. The molecule has 1 saturated heterocycles. The Hall–Kier alpha value is -2.09. The first kappa shape index (κ1) is 11.0. The summed E-state index contributed by atoms with van der Waals surface area (Å²) in [6, 6.07) is 19.9. The predicted molar refractivity (Wildman–Crippen MR) is 72.6 cm³/mol. The lowest BCUT2D eigenvalue weighted by Gasteiger charge is -2.16. The number of para-hydroxylation sites is 1. The Morgan fingerprint density at radius 2 is 1.50 bits per heavy atom. The fourth-order valence-corrected chi connectivity index (χ4v) is 2.54. The van der Waals surface area contributed by atoms with E-state index in [0.717, 1.165) is 24.2 Å². The molecule has 0 radical (unpaired) electrons. The second-order valence-electron chi connectivity index (χ2n) is 4.58. The standard InChI is InChI=1S/C16H15NO/c18-16-15(13-7-3-1-4-8-13)11-12-17(16)14-9-5-2-6-10-14/h1-10,15H,11-12H2. The summed E-state index contributed by atoms with van der Waals surface area (Å²) in [6.45, 7) is 0.808. The molecule has 0 bridgehead atoms. The van der Waals surface area contributed by atoms with Gasteiger partial charge in [0.25, 0.3) is 0 Å². The summed E-state index contributed by atoms with van der Waals surface area (Å²) in [7, 11) is 0. The van der Waals surface area contributed by atoms with Crippen molar-refractivity contribution in [2.45, 2.75) is 12.3 Å². The maximum absolute atomic E-state index is 12.4. The van der Waals surface area contributed by atoms with Gasteiger partial charge in [-0.15, -0.1) is 0 Å². The van der Waals surface area contributed by atoms with Crippen LogP contribution >= 0.6 is 0 Å². The van der Waals surface area contributed by atoms with E-state index in [1.54, 1.807) is 0 Å². The van der Waals surface area contributed by atoms with Crippen LogP contribution in [-0.4, -0.2) is 12.5 Å². The van der Waals surface area contributed by atoms with Crippen LogP contribution in [0.1, 0.15) is 17.9 Å². The van der Waals surface area contributed by atoms with Crippen LogP contribution in [0.3, 0.4) is 0 Å². The van der Waals surface area contributed by atoms with Crippen molar-refractivity contribution in [2.75, 3.05) is 11.4 Å². The van der Waals surface area contributed by atoms with E-state index in [9.17, 15) is 4.79 Å². The highest BCUT2D eigenvalue weighted by atomic mass is 16.2. The van der Waals surface area contributed by atoms with E-state index in [1.807, 2.05) is 65.6 Å². The van der Waals surface area contributed by atoms with Crippen molar-refractivity contribution >= 4 is 11.6 Å². The lowest BCUT2D eigenvalue weighted by molar-refractivity contribution is -0.118. The third-order valence-electron chi connectivity index (χ3n) is 3.48. The summed E-state index contributed by atoms with van der Waals surface area (Å²) in [4.78, 5) is 14.3. The normalized spacial score (nSPS) is 19.2. The van der Waals surface area contributed by atoms with Crippen LogP contribution in [0.5, 0.6) is 0 Å². The third-order valence-corrected chi connectivity index (χ3v) is 3.48. The predicted octanol–water partition coefficient (Wildman–Crippen LogP) is 3.21. The maximum Gasteiger partial charge on any atom is 0.234 e. The second kappa shape index (κ2) is 4.65. The summed E-state index contributed by atoms with van der Waals surface area (Å²) in [6.07, 6.45) is 0.901. The average Bonchev–Trinajstić information content (AvgIpc) is 2.83. The highest BCUT2D eigenvalue weighted by Crippen LogP contribution is 2.31. The van der Waals surface area contributed by atoms with Gasteiger partial charge in [0.05, 0.1) is 5.92 Å². The number of carbonyl (C=O) groups is 1. The zero-order valence-corrected chi connectivity index (χ0v) is 10.1. The third kappa shape index (κ3) is 1.90. The number of hydrogen-bond acceptors (Lipinski definition) is 1. The van der Waals surface area contributed by atoms with Gasteiger partial charge in [0.2, 0.25) is 5.91 Å². The van der Waals surface area contributed by atoms with Gasteiger partial charge in [-0.3, -0.25) is 4.79 Å². The SMILES string of the molecule is O=C1C(c2ccccc2)CCN1c1ccccc1. The van der Waals surface area contributed by atoms with Crippen molar-refractivity contribution in [3.05, 3.63) is 66.2 Å². The topological polar surface area (TPSA) is 20.3 Å². The Kier molecular flexibility index (Phi) is 2.85. The number of benzene rings is 2. The largest absolute Gasteiger partial charge is 0.312 e. The minimum atomic E-state index is 0.0198. The molecule has 1 aliphatic heterocycles. The molecule has 0 spiro atoms. The van der Waals surface area contributed by atoms with E-state index in [0.29, 0.717) is 0 Å². The summed E-state index contributed by atoms with van der Waals surface area (Å²) in [5.74, 6) is 0.235. The summed E-state index contributed by atoms with van der Waals surface area (Å²) in [5.41, 5.74) is 2.13. The van der Waals surface area contributed by atoms with E-state index < -0.39 is 0 Å². The van der Waals surface area contributed by atoms with Crippen molar-refractivity contribution in [1.29, 1.82) is 0 Å². The first-order valence-electron chi connectivity index (χ1n) is 6.27. The van der Waals surface area contributed by atoms with Crippen LogP contribution in [0.25, 0.3) is 0 Å². The van der Waals surface area contributed by atoms with Gasteiger partial charge >= 0.3 is 0 Å². The van der Waals surface area contributed by atoms with Gasteiger partial charge < -0.3 is 4.90 Å². The number of amides is 1. The van der Waals surface area contributed by atoms with E-state index >= 15 is 0 Å². The molecule has 1 heterocycles. The average molecular weight is 237 g/mol. The molecule has 90 valence electrons. The Morgan fingerprint density at radius 1 is 0.889 bits per heavy atom. The van der Waals surface area contributed by atoms with Gasteiger partial charge in [0.15, 0.2) is 0 Å². The number of carbonyl (C=O) groups excluding carboxylic acids is 1. The fourth-order valence-electron chi connectivity index (χ4n) is 2.54. The molecule has 2 aromatic rings. The molecule has 0 N–H and O–H groups in total. The van der Waals surface area contributed by atoms with E-state index in [1.165, 1.54) is 0 Å². The Labute approximate surface area is 107 Å². The quantitative estimate of drug-likeness (QED) is 0.785. The monoisotopic (exact) mass is 237 g/mol. The molecule has 1 aliphatic rings. The van der Waals surface area contributed by atoms with E-state index in [-0.39, 0.29) is 11.8 Å². The van der Waals surface area contributed by atoms with Crippen LogP contribution < -0.4 is 4.90 Å². The number of rotatable bonds is 2. The molecular formula is C16H15NO. The van der Waals surface area contributed by atoms with Gasteiger partial charge in [0.1, 0.15) is 0 Å². The Balaban J connectivity index is 1.86. The summed E-state index contributed by atoms with van der Waals surface area (Å²) in [5, 5.41) is 0. The Morgan fingerprint density at radius 3 is 2.17 bits per heavy atom. The van der Waals surface area contributed by atoms with Crippen molar-refractivity contribution < 1.29 is 4.79 Å². The molecule has 2 aromatic carbocycles. The zero-order valence-electron chi connectivity index (χ0n) is 10.1. The minimum Gasteiger partial charge on any atom is -0.312 e. The number of anilines is 1. The maximum atomic E-state index is 12.4. The molecule has 0 aromatic heterocycles. The molecule has 0 aliphatic carbocycles. The highest BCUT2D eigenvalue weighted by Gasteiger charge is 2.33. The molecule has 2 heteroatoms. The van der Waals surface area contributed by atoms with E-state index in [4.69, 9.17) is 0 Å². The van der Waals surface area contributed by atoms with Crippen molar-refractivity contribution in [2.24, 2.45) is 0 Å². The van der Waals surface area contributed by atoms with Crippen molar-refractivity contribution in [1.82, 2.24) is 0 Å². The van der Waals surface area contributed by atoms with Gasteiger partial charge in [0, 0.05) is 12.2 Å². The lowest BCUT2D eigenvalue weighted by Crippen LogP contribution is -2.26. The van der Waals surface area contributed by atoms with Crippen molar-refractivity contribution in [3.63, 3.8) is 0 Å². The first-order chi connectivity index (χ1) is 8.86. The van der Waals surface area contributed by atoms with Gasteiger partial charge in [-0.25, -0.2) is 0 Å². The first-order valence-corrected chi connectivity index (χ1v) is 6.27. The zero-order chi connectivity index (χ0) is 12.4. The summed E-state index contributed by atoms with van der Waals surface area (Å²) >= 11 is 0. The van der Waals surface area contributed by atoms with Crippen LogP contribution in [0.2, 0.25) is 0 Å². The van der Waals surface area contributed by atoms with Crippen LogP contribution in [0, 0.1) is 0 Å². The van der Waals surface area contributed by atoms with E-state index in [2.05, 4.69) is 0 Å². The molecule has 0 saturated carbocycles. The molecule has 3 rings (SSSR count). The van der Waals surface area contributed by atoms with Gasteiger partial charge in [-0.2, -0.15) is 0 Å². The molecule has 1 unspecified atom stereocenters. The van der Waals surface area contributed by atoms with Crippen LogP contribution in [0.15, 0.2) is 60.7 Å². The molecular weight excluding hydrogens is 222 g/mol. The Bertz CT molecular complexity index is 486. The van der Waals surface area contributed by atoms with Gasteiger partial charge in [-0.05, 0) is 24.1 Å². The fraction of sp³-hybridized carbons (Fsp3) is 0.188. The van der Waals surface area contributed by atoms with Gasteiger partial charge in [-0.1, -0.05) is 48.5 Å². The minimum absolute atomic E-state index is 0.0198. The lowest BCUT2D eigenvalue weighted by atomic mass is 9.98. The van der Waals surface area contributed by atoms with Crippen LogP contribution in [-0.2, 0) is 4.79 Å². The van der Waals surface area contributed by atoms with Crippen LogP contribution in [0.4, 0.5) is 5.69 Å². The smallest absolute Gasteiger partial charge is 0.234 e. The second-order valence-corrected chi connectivity index (χ2v) is 4.58. The van der Waals surface area contributed by atoms with Crippen molar-refractivity contribution in [3.8, 4) is 0 Å². The summed E-state index contributed by atoms with van der Waals surface area (Å²) < 4.78 is 0. The molecule has 18 heavy (non-hydrogen) atoms. The highest BCUT2D eigenvalue weighted by molar-refractivity contribution is 6.00. The molecule has 2 nitrogen and oxygen atoms in total. The number of hydrogen-bond donors (Lipinski definition) is 0. The molecule has 1 atom stereocenters.